The van der Waals surface area contributed by atoms with E-state index in [9.17, 15) is 4.79 Å². The van der Waals surface area contributed by atoms with Crippen molar-refractivity contribution in [3.8, 4) is 5.75 Å². The van der Waals surface area contributed by atoms with E-state index in [0.29, 0.717) is 11.8 Å². The lowest BCUT2D eigenvalue weighted by Crippen LogP contribution is -2.36. The lowest BCUT2D eigenvalue weighted by atomic mass is 9.98. The smallest absolute Gasteiger partial charge is 0.260 e. The molecule has 2 aliphatic rings. The van der Waals surface area contributed by atoms with Crippen LogP contribution in [0.2, 0.25) is 0 Å². The van der Waals surface area contributed by atoms with Crippen molar-refractivity contribution in [2.45, 2.75) is 25.8 Å². The molecular formula is C16H23ClN2O2. The third kappa shape index (κ3) is 3.50. The number of ether oxygens (including phenoxy) is 1. The summed E-state index contributed by atoms with van der Waals surface area (Å²) in [6.07, 6.45) is 2.27. The van der Waals surface area contributed by atoms with Crippen LogP contribution in [0, 0.1) is 18.8 Å². The van der Waals surface area contributed by atoms with Crippen molar-refractivity contribution >= 4 is 18.3 Å². The zero-order valence-corrected chi connectivity index (χ0v) is 13.1. The average Bonchev–Trinajstić information content (AvgIpc) is 3.01. The van der Waals surface area contributed by atoms with Crippen LogP contribution in [0.1, 0.15) is 18.4 Å². The van der Waals surface area contributed by atoms with Crippen LogP contribution in [0.3, 0.4) is 0 Å². The number of nitrogens with two attached hydrogens (primary N) is 1. The Kier molecular flexibility index (Phi) is 5.12. The van der Waals surface area contributed by atoms with Crippen molar-refractivity contribution in [3.63, 3.8) is 0 Å². The molecule has 116 valence electrons. The van der Waals surface area contributed by atoms with Crippen LogP contribution in [0.25, 0.3) is 0 Å². The molecule has 0 bridgehead atoms. The monoisotopic (exact) mass is 310 g/mol. The number of halogens is 1. The lowest BCUT2D eigenvalue weighted by molar-refractivity contribution is -0.132. The summed E-state index contributed by atoms with van der Waals surface area (Å²) in [7, 11) is 0. The number of hydrogen-bond donors (Lipinski definition) is 1. The van der Waals surface area contributed by atoms with E-state index in [0.717, 1.165) is 31.7 Å². The number of carbonyl (C=O) groups is 1. The molecule has 2 N–H and O–H groups in total. The second-order valence-electron chi connectivity index (χ2n) is 6.07. The van der Waals surface area contributed by atoms with E-state index in [4.69, 9.17) is 10.5 Å². The number of benzene rings is 1. The number of likely N-dealkylation sites (tertiary alicyclic amines) is 1. The van der Waals surface area contributed by atoms with Gasteiger partial charge in [0.15, 0.2) is 6.61 Å². The molecule has 3 unspecified atom stereocenters. The Bertz CT molecular complexity index is 492. The molecule has 0 aromatic heterocycles. The quantitative estimate of drug-likeness (QED) is 0.929. The number of amides is 1. The van der Waals surface area contributed by atoms with Crippen LogP contribution in [0.15, 0.2) is 24.3 Å². The van der Waals surface area contributed by atoms with Gasteiger partial charge in [0, 0.05) is 19.1 Å². The predicted octanol–water partition coefficient (Wildman–Crippen LogP) is 1.99. The van der Waals surface area contributed by atoms with Gasteiger partial charge in [-0.2, -0.15) is 0 Å². The zero-order valence-electron chi connectivity index (χ0n) is 12.3. The summed E-state index contributed by atoms with van der Waals surface area (Å²) in [4.78, 5) is 14.1. The van der Waals surface area contributed by atoms with E-state index in [1.807, 2.05) is 36.1 Å². The molecule has 1 saturated heterocycles. The van der Waals surface area contributed by atoms with Gasteiger partial charge >= 0.3 is 0 Å². The Labute approximate surface area is 132 Å². The van der Waals surface area contributed by atoms with Gasteiger partial charge in [0.2, 0.25) is 0 Å². The molecule has 1 aromatic carbocycles. The third-order valence-corrected chi connectivity index (χ3v) is 4.65. The Morgan fingerprint density at radius 3 is 2.67 bits per heavy atom. The van der Waals surface area contributed by atoms with Gasteiger partial charge in [-0.15, -0.1) is 12.4 Å². The Hall–Kier alpha value is -1.26. The third-order valence-electron chi connectivity index (χ3n) is 4.65. The summed E-state index contributed by atoms with van der Waals surface area (Å²) < 4.78 is 5.56. The van der Waals surface area contributed by atoms with E-state index in [2.05, 4.69) is 0 Å². The van der Waals surface area contributed by atoms with E-state index < -0.39 is 0 Å². The normalized spacial score (nSPS) is 27.1. The maximum atomic E-state index is 12.2. The average molecular weight is 311 g/mol. The molecular weight excluding hydrogens is 288 g/mol. The fourth-order valence-corrected chi connectivity index (χ4v) is 3.38. The molecule has 1 heterocycles. The summed E-state index contributed by atoms with van der Waals surface area (Å²) in [5.74, 6) is 1.93. The Morgan fingerprint density at radius 1 is 1.29 bits per heavy atom. The van der Waals surface area contributed by atoms with Crippen molar-refractivity contribution in [3.05, 3.63) is 29.8 Å². The highest BCUT2D eigenvalue weighted by atomic mass is 35.5. The maximum Gasteiger partial charge on any atom is 0.260 e. The molecule has 4 nitrogen and oxygen atoms in total. The first kappa shape index (κ1) is 16.1. The molecule has 5 heteroatoms. The van der Waals surface area contributed by atoms with Crippen molar-refractivity contribution < 1.29 is 9.53 Å². The van der Waals surface area contributed by atoms with Crippen LogP contribution in [0.4, 0.5) is 0 Å². The van der Waals surface area contributed by atoms with E-state index in [1.165, 1.54) is 5.56 Å². The maximum absolute atomic E-state index is 12.2. The topological polar surface area (TPSA) is 55.6 Å². The summed E-state index contributed by atoms with van der Waals surface area (Å²) >= 11 is 0. The van der Waals surface area contributed by atoms with Crippen molar-refractivity contribution in [2.75, 3.05) is 19.7 Å². The highest BCUT2D eigenvalue weighted by molar-refractivity contribution is 5.85. The molecule has 1 aromatic rings. The van der Waals surface area contributed by atoms with E-state index >= 15 is 0 Å². The van der Waals surface area contributed by atoms with Crippen molar-refractivity contribution in [2.24, 2.45) is 17.6 Å². The standard InChI is InChI=1S/C16H22N2O2.ClH/c1-11-2-5-13(6-3-11)20-10-16(19)18-8-12-4-7-15(17)14(12)9-18;/h2-3,5-6,12,14-15H,4,7-10,17H2,1H3;1H. The Morgan fingerprint density at radius 2 is 2.00 bits per heavy atom. The SMILES string of the molecule is Cc1ccc(OCC(=O)N2CC3CCC(N)C3C2)cc1.Cl. The minimum atomic E-state index is 0. The number of hydrogen-bond acceptors (Lipinski definition) is 3. The number of aryl methyl sites for hydroxylation is 1. The van der Waals surface area contributed by atoms with Crippen molar-refractivity contribution in [1.82, 2.24) is 4.90 Å². The summed E-state index contributed by atoms with van der Waals surface area (Å²) in [5, 5.41) is 0. The van der Waals surface area contributed by atoms with Gasteiger partial charge in [-0.05, 0) is 43.7 Å². The molecule has 1 amide bonds. The van der Waals surface area contributed by atoms with Gasteiger partial charge in [0.25, 0.3) is 5.91 Å². The highest BCUT2D eigenvalue weighted by Gasteiger charge is 2.42. The zero-order chi connectivity index (χ0) is 14.1. The van der Waals surface area contributed by atoms with Gasteiger partial charge in [-0.25, -0.2) is 0 Å². The summed E-state index contributed by atoms with van der Waals surface area (Å²) in [6, 6.07) is 8.04. The molecule has 0 spiro atoms. The van der Waals surface area contributed by atoms with Gasteiger partial charge in [-0.3, -0.25) is 4.79 Å². The largest absolute Gasteiger partial charge is 0.484 e. The van der Waals surface area contributed by atoms with Gasteiger partial charge in [-0.1, -0.05) is 17.7 Å². The first-order chi connectivity index (χ1) is 9.63. The van der Waals surface area contributed by atoms with Gasteiger partial charge < -0.3 is 15.4 Å². The van der Waals surface area contributed by atoms with Crippen molar-refractivity contribution in [1.29, 1.82) is 0 Å². The number of rotatable bonds is 3. The molecule has 3 atom stereocenters. The van der Waals surface area contributed by atoms with Gasteiger partial charge in [0.1, 0.15) is 5.75 Å². The lowest BCUT2D eigenvalue weighted by Gasteiger charge is -2.19. The molecule has 21 heavy (non-hydrogen) atoms. The fourth-order valence-electron chi connectivity index (χ4n) is 3.38. The fraction of sp³-hybridized carbons (Fsp3) is 0.562. The van der Waals surface area contributed by atoms with E-state index in [-0.39, 0.29) is 31.0 Å². The van der Waals surface area contributed by atoms with Crippen LogP contribution in [-0.2, 0) is 4.79 Å². The molecule has 1 aliphatic heterocycles. The molecule has 1 saturated carbocycles. The second kappa shape index (κ2) is 6.67. The minimum Gasteiger partial charge on any atom is -0.484 e. The highest BCUT2D eigenvalue weighted by Crippen LogP contribution is 2.37. The molecule has 2 fully saturated rings. The van der Waals surface area contributed by atoms with Crippen LogP contribution in [0.5, 0.6) is 5.75 Å². The molecule has 3 rings (SSSR count). The number of nitrogens with zero attached hydrogens (tertiary/aromatic N) is 1. The number of carbonyl (C=O) groups excluding carboxylic acids is 1. The van der Waals surface area contributed by atoms with E-state index in [1.54, 1.807) is 0 Å². The minimum absolute atomic E-state index is 0. The Balaban J connectivity index is 0.00000161. The summed E-state index contributed by atoms with van der Waals surface area (Å²) in [6.45, 7) is 3.81. The van der Waals surface area contributed by atoms with Crippen LogP contribution in [-0.4, -0.2) is 36.5 Å². The molecule has 1 aliphatic carbocycles. The first-order valence-electron chi connectivity index (χ1n) is 7.36. The van der Waals surface area contributed by atoms with Gasteiger partial charge in [0.05, 0.1) is 0 Å². The second-order valence-corrected chi connectivity index (χ2v) is 6.07. The summed E-state index contributed by atoms with van der Waals surface area (Å²) in [5.41, 5.74) is 7.28. The molecule has 0 radical (unpaired) electrons. The van der Waals surface area contributed by atoms with Crippen LogP contribution >= 0.6 is 12.4 Å². The first-order valence-corrected chi connectivity index (χ1v) is 7.36. The predicted molar refractivity (Wildman–Crippen MR) is 84.7 cm³/mol. The number of fused-ring (bicyclic) bond motifs is 1. The van der Waals surface area contributed by atoms with Crippen LogP contribution < -0.4 is 10.5 Å².